The first-order chi connectivity index (χ1) is 10.0. The zero-order valence-corrected chi connectivity index (χ0v) is 12.3. The predicted octanol–water partition coefficient (Wildman–Crippen LogP) is 3.02. The number of hydrogen-bond acceptors (Lipinski definition) is 2. The molecule has 6 heteroatoms. The maximum absolute atomic E-state index is 13.1. The lowest BCUT2D eigenvalue weighted by Crippen LogP contribution is -2.23. The van der Waals surface area contributed by atoms with Crippen LogP contribution < -0.4 is 5.32 Å². The molecule has 0 radical (unpaired) electrons. The standard InChI is InChI=1S/C15H15ClFN3O/c1-20-14(10-3-4-10)7-13(19-20)15(21)18-8-9-2-5-12(17)11(16)6-9/h2,5-7,10H,3-4,8H2,1H3,(H,18,21). The van der Waals surface area contributed by atoms with Gasteiger partial charge in [0.25, 0.3) is 5.91 Å². The van der Waals surface area contributed by atoms with Gasteiger partial charge >= 0.3 is 0 Å². The molecule has 1 saturated carbocycles. The third-order valence-electron chi connectivity index (χ3n) is 3.58. The summed E-state index contributed by atoms with van der Waals surface area (Å²) >= 11 is 5.71. The van der Waals surface area contributed by atoms with Gasteiger partial charge in [0.2, 0.25) is 0 Å². The minimum absolute atomic E-state index is 0.0515. The van der Waals surface area contributed by atoms with Gasteiger partial charge in [0, 0.05) is 25.2 Å². The molecule has 110 valence electrons. The van der Waals surface area contributed by atoms with Gasteiger partial charge in [0.05, 0.1) is 5.02 Å². The molecule has 0 atom stereocenters. The summed E-state index contributed by atoms with van der Waals surface area (Å²) in [7, 11) is 1.85. The molecule has 1 amide bonds. The highest BCUT2D eigenvalue weighted by Crippen LogP contribution is 2.39. The van der Waals surface area contributed by atoms with Gasteiger partial charge in [-0.2, -0.15) is 5.10 Å². The molecule has 3 rings (SSSR count). The van der Waals surface area contributed by atoms with E-state index in [-0.39, 0.29) is 17.5 Å². The van der Waals surface area contributed by atoms with Crippen molar-refractivity contribution in [2.45, 2.75) is 25.3 Å². The molecular formula is C15H15ClFN3O. The Morgan fingerprint density at radius 1 is 1.48 bits per heavy atom. The molecule has 0 saturated heterocycles. The second kappa shape index (κ2) is 5.48. The molecule has 1 N–H and O–H groups in total. The minimum atomic E-state index is -0.467. The van der Waals surface area contributed by atoms with Crippen LogP contribution in [0.4, 0.5) is 4.39 Å². The van der Waals surface area contributed by atoms with Crippen LogP contribution in [0.2, 0.25) is 5.02 Å². The van der Waals surface area contributed by atoms with Crippen LogP contribution in [0, 0.1) is 5.82 Å². The van der Waals surface area contributed by atoms with E-state index in [4.69, 9.17) is 11.6 Å². The summed E-state index contributed by atoms with van der Waals surface area (Å²) in [5.74, 6) is -0.163. The Bertz CT molecular complexity index is 694. The van der Waals surface area contributed by atoms with Gasteiger partial charge in [-0.1, -0.05) is 17.7 Å². The Labute approximate surface area is 126 Å². The average Bonchev–Trinajstić information content (AvgIpc) is 3.22. The molecule has 21 heavy (non-hydrogen) atoms. The van der Waals surface area contributed by atoms with Crippen LogP contribution in [0.5, 0.6) is 0 Å². The number of halogens is 2. The molecule has 0 spiro atoms. The van der Waals surface area contributed by atoms with Gasteiger partial charge in [0.1, 0.15) is 11.5 Å². The SMILES string of the molecule is Cn1nc(C(=O)NCc2ccc(F)c(Cl)c2)cc1C1CC1. The number of carbonyl (C=O) groups excluding carboxylic acids is 1. The van der Waals surface area contributed by atoms with Crippen LogP contribution in [0.25, 0.3) is 0 Å². The van der Waals surface area contributed by atoms with E-state index in [1.54, 1.807) is 10.7 Å². The van der Waals surface area contributed by atoms with E-state index in [1.807, 2.05) is 13.1 Å². The van der Waals surface area contributed by atoms with Gasteiger partial charge in [0.15, 0.2) is 0 Å². The van der Waals surface area contributed by atoms with Crippen molar-refractivity contribution < 1.29 is 9.18 Å². The fourth-order valence-electron chi connectivity index (χ4n) is 2.28. The van der Waals surface area contributed by atoms with E-state index in [9.17, 15) is 9.18 Å². The van der Waals surface area contributed by atoms with Crippen molar-refractivity contribution in [1.29, 1.82) is 0 Å². The average molecular weight is 308 g/mol. The van der Waals surface area contributed by atoms with E-state index in [0.717, 1.165) is 24.1 Å². The molecule has 1 aromatic heterocycles. The summed E-state index contributed by atoms with van der Waals surface area (Å²) in [5, 5.41) is 7.05. The number of nitrogens with one attached hydrogen (secondary N) is 1. The van der Waals surface area contributed by atoms with E-state index in [0.29, 0.717) is 11.6 Å². The van der Waals surface area contributed by atoms with Crippen molar-refractivity contribution in [2.75, 3.05) is 0 Å². The van der Waals surface area contributed by atoms with Crippen LogP contribution in [0.1, 0.15) is 40.5 Å². The second-order valence-electron chi connectivity index (χ2n) is 5.28. The Morgan fingerprint density at radius 2 is 2.24 bits per heavy atom. The lowest BCUT2D eigenvalue weighted by atomic mass is 10.2. The summed E-state index contributed by atoms with van der Waals surface area (Å²) in [6, 6.07) is 6.22. The van der Waals surface area contributed by atoms with Crippen molar-refractivity contribution in [3.05, 3.63) is 52.1 Å². The normalized spacial score (nSPS) is 14.2. The molecule has 0 aliphatic heterocycles. The highest BCUT2D eigenvalue weighted by molar-refractivity contribution is 6.30. The van der Waals surface area contributed by atoms with Crippen LogP contribution in [0.3, 0.4) is 0 Å². The predicted molar refractivity (Wildman–Crippen MR) is 77.8 cm³/mol. The minimum Gasteiger partial charge on any atom is -0.347 e. The first kappa shape index (κ1) is 14.1. The maximum atomic E-state index is 13.1. The third-order valence-corrected chi connectivity index (χ3v) is 3.87. The Morgan fingerprint density at radius 3 is 2.90 bits per heavy atom. The largest absolute Gasteiger partial charge is 0.347 e. The highest BCUT2D eigenvalue weighted by Gasteiger charge is 2.28. The van der Waals surface area contributed by atoms with Gasteiger partial charge in [-0.3, -0.25) is 9.48 Å². The molecule has 2 aromatic rings. The van der Waals surface area contributed by atoms with Crippen molar-refractivity contribution in [3.8, 4) is 0 Å². The zero-order valence-electron chi connectivity index (χ0n) is 11.6. The molecule has 0 bridgehead atoms. The van der Waals surface area contributed by atoms with E-state index in [1.165, 1.54) is 12.1 Å². The molecule has 1 fully saturated rings. The first-order valence-electron chi connectivity index (χ1n) is 6.80. The van der Waals surface area contributed by atoms with E-state index >= 15 is 0 Å². The monoisotopic (exact) mass is 307 g/mol. The molecule has 1 heterocycles. The van der Waals surface area contributed by atoms with E-state index < -0.39 is 5.82 Å². The fraction of sp³-hybridized carbons (Fsp3) is 0.333. The molecule has 4 nitrogen and oxygen atoms in total. The molecule has 1 aliphatic carbocycles. The quantitative estimate of drug-likeness (QED) is 0.944. The van der Waals surface area contributed by atoms with E-state index in [2.05, 4.69) is 10.4 Å². The molecule has 1 aliphatic rings. The number of carbonyl (C=O) groups is 1. The van der Waals surface area contributed by atoms with Crippen LogP contribution in [0.15, 0.2) is 24.3 Å². The van der Waals surface area contributed by atoms with Crippen molar-refractivity contribution in [2.24, 2.45) is 7.05 Å². The summed E-state index contributed by atoms with van der Waals surface area (Å²) in [4.78, 5) is 12.1. The highest BCUT2D eigenvalue weighted by atomic mass is 35.5. The smallest absolute Gasteiger partial charge is 0.272 e. The van der Waals surface area contributed by atoms with Gasteiger partial charge in [-0.15, -0.1) is 0 Å². The third kappa shape index (κ3) is 3.08. The number of rotatable bonds is 4. The zero-order chi connectivity index (χ0) is 15.0. The van der Waals surface area contributed by atoms with Crippen molar-refractivity contribution in [3.63, 3.8) is 0 Å². The van der Waals surface area contributed by atoms with Crippen molar-refractivity contribution in [1.82, 2.24) is 15.1 Å². The number of aromatic nitrogens is 2. The number of benzene rings is 1. The van der Waals surface area contributed by atoms with Crippen LogP contribution >= 0.6 is 11.6 Å². The molecule has 1 aromatic carbocycles. The summed E-state index contributed by atoms with van der Waals surface area (Å²) in [5.41, 5.74) is 2.26. The molecule has 0 unspecified atom stereocenters. The fourth-order valence-corrected chi connectivity index (χ4v) is 2.48. The first-order valence-corrected chi connectivity index (χ1v) is 7.18. The lowest BCUT2D eigenvalue weighted by Gasteiger charge is -2.04. The van der Waals surface area contributed by atoms with Gasteiger partial charge < -0.3 is 5.32 Å². The number of hydrogen-bond donors (Lipinski definition) is 1. The number of nitrogens with zero attached hydrogens (tertiary/aromatic N) is 2. The maximum Gasteiger partial charge on any atom is 0.272 e. The van der Waals surface area contributed by atoms with Crippen LogP contribution in [-0.4, -0.2) is 15.7 Å². The van der Waals surface area contributed by atoms with Gasteiger partial charge in [-0.05, 0) is 36.6 Å². The topological polar surface area (TPSA) is 46.9 Å². The summed E-state index contributed by atoms with van der Waals surface area (Å²) < 4.78 is 14.8. The Balaban J connectivity index is 1.65. The number of aryl methyl sites for hydroxylation is 1. The van der Waals surface area contributed by atoms with Gasteiger partial charge in [-0.25, -0.2) is 4.39 Å². The number of amides is 1. The summed E-state index contributed by atoms with van der Waals surface area (Å²) in [6.45, 7) is 0.286. The summed E-state index contributed by atoms with van der Waals surface area (Å²) in [6.07, 6.45) is 2.32. The second-order valence-corrected chi connectivity index (χ2v) is 5.69. The molecular weight excluding hydrogens is 293 g/mol. The Hall–Kier alpha value is -1.88. The van der Waals surface area contributed by atoms with Crippen LogP contribution in [-0.2, 0) is 13.6 Å². The lowest BCUT2D eigenvalue weighted by molar-refractivity contribution is 0.0945. The van der Waals surface area contributed by atoms with Crippen molar-refractivity contribution >= 4 is 17.5 Å². The Kier molecular flexibility index (Phi) is 3.68.